The van der Waals surface area contributed by atoms with Crippen LogP contribution in [-0.4, -0.2) is 59.5 Å². The van der Waals surface area contributed by atoms with Crippen molar-refractivity contribution < 1.29 is 0 Å². The zero-order valence-corrected chi connectivity index (χ0v) is 13.4. The predicted molar refractivity (Wildman–Crippen MR) is 84.7 cm³/mol. The number of aromatic nitrogens is 2. The minimum atomic E-state index is 0.818. The first-order valence-corrected chi connectivity index (χ1v) is 8.16. The van der Waals surface area contributed by atoms with Gasteiger partial charge < -0.3 is 15.1 Å². The van der Waals surface area contributed by atoms with Crippen LogP contribution in [0.3, 0.4) is 0 Å². The van der Waals surface area contributed by atoms with Crippen LogP contribution < -0.4 is 10.2 Å². The van der Waals surface area contributed by atoms with Gasteiger partial charge in [-0.2, -0.15) is 4.37 Å². The maximum Gasteiger partial charge on any atom is 0.205 e. The van der Waals surface area contributed by atoms with E-state index in [0.717, 1.165) is 62.6 Å². The summed E-state index contributed by atoms with van der Waals surface area (Å²) in [6.07, 6.45) is 0.907. The van der Waals surface area contributed by atoms with E-state index in [0.29, 0.717) is 0 Å². The molecular weight excluding hydrogens is 272 g/mol. The highest BCUT2D eigenvalue weighted by molar-refractivity contribution is 7.09. The molecule has 0 aromatic carbocycles. The molecule has 112 valence electrons. The molecule has 0 unspecified atom stereocenters. The van der Waals surface area contributed by atoms with E-state index in [2.05, 4.69) is 50.2 Å². The van der Waals surface area contributed by atoms with Crippen LogP contribution >= 0.6 is 11.5 Å². The fourth-order valence-electron chi connectivity index (χ4n) is 2.20. The summed E-state index contributed by atoms with van der Waals surface area (Å²) < 4.78 is 4.36. The van der Waals surface area contributed by atoms with Gasteiger partial charge in [-0.05, 0) is 13.8 Å². The summed E-state index contributed by atoms with van der Waals surface area (Å²) >= 11 is 1.51. The largest absolute Gasteiger partial charge is 0.357 e. The summed E-state index contributed by atoms with van der Waals surface area (Å²) in [5, 5.41) is 4.41. The summed E-state index contributed by atoms with van der Waals surface area (Å²) in [7, 11) is 0. The molecule has 2 rings (SSSR count). The van der Waals surface area contributed by atoms with Crippen molar-refractivity contribution in [2.75, 3.05) is 44.2 Å². The number of nitrogens with zero attached hydrogens (tertiary/aromatic N) is 5. The van der Waals surface area contributed by atoms with Gasteiger partial charge in [-0.25, -0.2) is 4.98 Å². The van der Waals surface area contributed by atoms with Crippen LogP contribution in [0.1, 0.15) is 26.6 Å². The molecule has 0 atom stereocenters. The van der Waals surface area contributed by atoms with Gasteiger partial charge in [-0.3, -0.25) is 4.99 Å². The van der Waals surface area contributed by atoms with Gasteiger partial charge in [0.15, 0.2) is 5.96 Å². The normalized spacial score (nSPS) is 16.6. The molecule has 0 radical (unpaired) electrons. The van der Waals surface area contributed by atoms with E-state index in [-0.39, 0.29) is 0 Å². The Morgan fingerprint density at radius 2 is 2.00 bits per heavy atom. The second-order valence-electron chi connectivity index (χ2n) is 4.65. The fraction of sp³-hybridized carbons (Fsp3) is 0.769. The molecule has 1 saturated heterocycles. The van der Waals surface area contributed by atoms with E-state index in [4.69, 9.17) is 0 Å². The number of hydrogen-bond acceptors (Lipinski definition) is 5. The first kappa shape index (κ1) is 15.0. The van der Waals surface area contributed by atoms with Gasteiger partial charge in [0.1, 0.15) is 5.82 Å². The summed E-state index contributed by atoms with van der Waals surface area (Å²) in [4.78, 5) is 13.8. The zero-order chi connectivity index (χ0) is 14.4. The number of anilines is 1. The van der Waals surface area contributed by atoms with E-state index >= 15 is 0 Å². The Kier molecular flexibility index (Phi) is 5.58. The summed E-state index contributed by atoms with van der Waals surface area (Å²) in [6, 6.07) is 0. The Hall–Kier alpha value is -1.37. The monoisotopic (exact) mass is 296 g/mol. The van der Waals surface area contributed by atoms with Gasteiger partial charge in [0.05, 0.1) is 0 Å². The number of guanidine groups is 1. The Morgan fingerprint density at radius 1 is 1.25 bits per heavy atom. The molecule has 0 spiro atoms. The van der Waals surface area contributed by atoms with Crippen LogP contribution in [-0.2, 0) is 6.42 Å². The van der Waals surface area contributed by atoms with Crippen molar-refractivity contribution in [2.24, 2.45) is 4.99 Å². The van der Waals surface area contributed by atoms with Crippen molar-refractivity contribution >= 4 is 22.6 Å². The third-order valence-electron chi connectivity index (χ3n) is 3.27. The number of rotatable bonds is 4. The molecule has 20 heavy (non-hydrogen) atoms. The molecule has 7 heteroatoms. The molecule has 6 nitrogen and oxygen atoms in total. The van der Waals surface area contributed by atoms with E-state index in [1.165, 1.54) is 11.5 Å². The maximum absolute atomic E-state index is 4.56. The molecule has 0 saturated carbocycles. The van der Waals surface area contributed by atoms with E-state index in [1.54, 1.807) is 0 Å². The van der Waals surface area contributed by atoms with E-state index in [1.807, 2.05) is 0 Å². The number of piperazine rings is 1. The van der Waals surface area contributed by atoms with Crippen LogP contribution in [0.25, 0.3) is 0 Å². The average molecular weight is 296 g/mol. The van der Waals surface area contributed by atoms with Crippen molar-refractivity contribution in [2.45, 2.75) is 27.2 Å². The second kappa shape index (κ2) is 7.42. The second-order valence-corrected chi connectivity index (χ2v) is 5.38. The average Bonchev–Trinajstić information content (AvgIpc) is 2.96. The van der Waals surface area contributed by atoms with Crippen molar-refractivity contribution in [3.63, 3.8) is 0 Å². The summed E-state index contributed by atoms with van der Waals surface area (Å²) in [6.45, 7) is 11.9. The lowest BCUT2D eigenvalue weighted by molar-refractivity contribution is 0.372. The van der Waals surface area contributed by atoms with Crippen molar-refractivity contribution in [3.05, 3.63) is 5.82 Å². The lowest BCUT2D eigenvalue weighted by atomic mass is 10.3. The topological polar surface area (TPSA) is 56.7 Å². The molecule has 1 N–H and O–H groups in total. The number of aliphatic imine (C=N–C) groups is 1. The number of nitrogens with one attached hydrogen (secondary N) is 1. The van der Waals surface area contributed by atoms with Crippen molar-refractivity contribution in [3.8, 4) is 0 Å². The van der Waals surface area contributed by atoms with Crippen molar-refractivity contribution in [1.29, 1.82) is 0 Å². The van der Waals surface area contributed by atoms with Crippen LogP contribution in [0, 0.1) is 0 Å². The van der Waals surface area contributed by atoms with E-state index < -0.39 is 0 Å². The molecule has 2 heterocycles. The van der Waals surface area contributed by atoms with Crippen LogP contribution in [0.4, 0.5) is 5.13 Å². The maximum atomic E-state index is 4.56. The van der Waals surface area contributed by atoms with Gasteiger partial charge in [0.25, 0.3) is 0 Å². The molecule has 0 amide bonds. The van der Waals surface area contributed by atoms with Crippen LogP contribution in [0.2, 0.25) is 0 Å². The quantitative estimate of drug-likeness (QED) is 0.668. The predicted octanol–water partition coefficient (Wildman–Crippen LogP) is 1.21. The SMILES string of the molecule is CCN=C(NCC)N1CCN(c2nc(CC)ns2)CC1. The number of hydrogen-bond donors (Lipinski definition) is 1. The third kappa shape index (κ3) is 3.59. The van der Waals surface area contributed by atoms with Crippen molar-refractivity contribution in [1.82, 2.24) is 19.6 Å². The molecule has 1 aromatic heterocycles. The highest BCUT2D eigenvalue weighted by Gasteiger charge is 2.21. The standard InChI is InChI=1S/C13H24N6S/c1-4-11-16-13(20-17-11)19-9-7-18(8-10-19)12(14-5-2)15-6-3/h4-10H2,1-3H3,(H,14,15). The van der Waals surface area contributed by atoms with Crippen LogP contribution in [0.5, 0.6) is 0 Å². The first-order valence-electron chi connectivity index (χ1n) is 7.39. The van der Waals surface area contributed by atoms with Gasteiger partial charge in [-0.15, -0.1) is 0 Å². The van der Waals surface area contributed by atoms with E-state index in [9.17, 15) is 0 Å². The lowest BCUT2D eigenvalue weighted by Gasteiger charge is -2.36. The smallest absolute Gasteiger partial charge is 0.205 e. The molecule has 1 fully saturated rings. The highest BCUT2D eigenvalue weighted by Crippen LogP contribution is 2.19. The highest BCUT2D eigenvalue weighted by atomic mass is 32.1. The fourth-order valence-corrected chi connectivity index (χ4v) is 3.00. The Labute approximate surface area is 125 Å². The zero-order valence-electron chi connectivity index (χ0n) is 12.6. The molecule has 0 aliphatic carbocycles. The minimum Gasteiger partial charge on any atom is -0.357 e. The summed E-state index contributed by atoms with van der Waals surface area (Å²) in [5.74, 6) is 1.98. The van der Waals surface area contributed by atoms with Gasteiger partial charge in [-0.1, -0.05) is 6.92 Å². The van der Waals surface area contributed by atoms with Crippen LogP contribution in [0.15, 0.2) is 4.99 Å². The molecule has 1 aliphatic rings. The Morgan fingerprint density at radius 3 is 2.55 bits per heavy atom. The van der Waals surface area contributed by atoms with Gasteiger partial charge >= 0.3 is 0 Å². The summed E-state index contributed by atoms with van der Waals surface area (Å²) in [5.41, 5.74) is 0. The Balaban J connectivity index is 1.92. The lowest BCUT2D eigenvalue weighted by Crippen LogP contribution is -2.52. The Bertz CT molecular complexity index is 436. The molecule has 1 aliphatic heterocycles. The minimum absolute atomic E-state index is 0.818. The molecule has 1 aromatic rings. The third-order valence-corrected chi connectivity index (χ3v) is 4.08. The van der Waals surface area contributed by atoms with Gasteiger partial charge in [0, 0.05) is 57.2 Å². The van der Waals surface area contributed by atoms with Gasteiger partial charge in [0.2, 0.25) is 5.13 Å². The number of aryl methyl sites for hydroxylation is 1. The molecular formula is C13H24N6S. The first-order chi connectivity index (χ1) is 9.78. The molecule has 0 bridgehead atoms.